The highest BCUT2D eigenvalue weighted by molar-refractivity contribution is 7.80. The normalized spacial score (nSPS) is 22.5. The zero-order valence-corrected chi connectivity index (χ0v) is 7.86. The standard InChI is InChI=1S/C8H14O2S/c1-6(9)10-8(2,5-11)7-3-4-7/h7,11H,3-5H2,1-2H3. The molecule has 0 saturated heterocycles. The molecular formula is C8H14O2S. The number of carbonyl (C=O) groups excluding carboxylic acids is 1. The van der Waals surface area contributed by atoms with E-state index in [-0.39, 0.29) is 11.6 Å². The summed E-state index contributed by atoms with van der Waals surface area (Å²) in [4.78, 5) is 10.7. The van der Waals surface area contributed by atoms with Crippen molar-refractivity contribution in [2.75, 3.05) is 5.75 Å². The molecule has 0 aromatic heterocycles. The van der Waals surface area contributed by atoms with Crippen LogP contribution in [0.15, 0.2) is 0 Å². The monoisotopic (exact) mass is 174 g/mol. The molecule has 0 amide bonds. The van der Waals surface area contributed by atoms with Crippen LogP contribution in [0.4, 0.5) is 0 Å². The van der Waals surface area contributed by atoms with E-state index in [4.69, 9.17) is 4.74 Å². The summed E-state index contributed by atoms with van der Waals surface area (Å²) in [5.41, 5.74) is -0.311. The minimum atomic E-state index is -0.311. The average Bonchev–Trinajstić information content (AvgIpc) is 2.66. The first-order chi connectivity index (χ1) is 5.08. The Labute approximate surface area is 72.7 Å². The molecule has 0 spiro atoms. The lowest BCUT2D eigenvalue weighted by Crippen LogP contribution is -2.35. The van der Waals surface area contributed by atoms with Crippen LogP contribution in [0.2, 0.25) is 0 Å². The van der Waals surface area contributed by atoms with Crippen LogP contribution in [-0.2, 0) is 9.53 Å². The Balaban J connectivity index is 2.51. The Kier molecular flexibility index (Phi) is 2.47. The van der Waals surface area contributed by atoms with Crippen LogP contribution in [0.3, 0.4) is 0 Å². The van der Waals surface area contributed by atoms with Gasteiger partial charge in [-0.05, 0) is 25.7 Å². The minimum Gasteiger partial charge on any atom is -0.458 e. The van der Waals surface area contributed by atoms with Crippen LogP contribution in [0, 0.1) is 5.92 Å². The number of rotatable bonds is 3. The lowest BCUT2D eigenvalue weighted by molar-refractivity contribution is -0.154. The molecule has 0 bridgehead atoms. The van der Waals surface area contributed by atoms with Gasteiger partial charge in [0, 0.05) is 12.7 Å². The van der Waals surface area contributed by atoms with Crippen molar-refractivity contribution < 1.29 is 9.53 Å². The second kappa shape index (κ2) is 3.05. The zero-order valence-electron chi connectivity index (χ0n) is 6.96. The Morgan fingerprint density at radius 3 is 2.55 bits per heavy atom. The van der Waals surface area contributed by atoms with Crippen molar-refractivity contribution in [3.05, 3.63) is 0 Å². The maximum absolute atomic E-state index is 10.7. The van der Waals surface area contributed by atoms with Crippen LogP contribution in [0.1, 0.15) is 26.7 Å². The molecule has 3 heteroatoms. The summed E-state index contributed by atoms with van der Waals surface area (Å²) < 4.78 is 5.20. The van der Waals surface area contributed by atoms with E-state index in [0.717, 1.165) is 0 Å². The average molecular weight is 174 g/mol. The Hall–Kier alpha value is -0.180. The maximum atomic E-state index is 10.7. The van der Waals surface area contributed by atoms with Crippen molar-refractivity contribution in [2.45, 2.75) is 32.3 Å². The van der Waals surface area contributed by atoms with Gasteiger partial charge in [-0.15, -0.1) is 0 Å². The van der Waals surface area contributed by atoms with Gasteiger partial charge >= 0.3 is 5.97 Å². The molecule has 1 aliphatic carbocycles. The van der Waals surface area contributed by atoms with E-state index in [9.17, 15) is 4.79 Å². The van der Waals surface area contributed by atoms with E-state index in [2.05, 4.69) is 12.6 Å². The van der Waals surface area contributed by atoms with Gasteiger partial charge in [-0.1, -0.05) is 0 Å². The van der Waals surface area contributed by atoms with Crippen molar-refractivity contribution in [2.24, 2.45) is 5.92 Å². The highest BCUT2D eigenvalue weighted by Crippen LogP contribution is 2.42. The summed E-state index contributed by atoms with van der Waals surface area (Å²) in [5.74, 6) is 0.967. The molecule has 2 nitrogen and oxygen atoms in total. The molecule has 1 fully saturated rings. The van der Waals surface area contributed by atoms with Gasteiger partial charge in [-0.25, -0.2) is 0 Å². The highest BCUT2D eigenvalue weighted by Gasteiger charge is 2.43. The molecule has 64 valence electrons. The summed E-state index contributed by atoms with van der Waals surface area (Å²) in [6, 6.07) is 0. The van der Waals surface area contributed by atoms with Gasteiger partial charge in [0.05, 0.1) is 0 Å². The molecule has 0 heterocycles. The molecule has 1 aliphatic rings. The molecule has 1 saturated carbocycles. The van der Waals surface area contributed by atoms with Gasteiger partial charge in [0.1, 0.15) is 5.60 Å². The lowest BCUT2D eigenvalue weighted by atomic mass is 10.0. The number of hydrogen-bond acceptors (Lipinski definition) is 3. The summed E-state index contributed by atoms with van der Waals surface area (Å²) in [6.07, 6.45) is 2.34. The topological polar surface area (TPSA) is 26.3 Å². The van der Waals surface area contributed by atoms with E-state index in [1.807, 2.05) is 6.92 Å². The molecule has 0 aromatic carbocycles. The number of ether oxygens (including phenoxy) is 1. The number of carbonyl (C=O) groups is 1. The van der Waals surface area contributed by atoms with Crippen LogP contribution in [0.5, 0.6) is 0 Å². The zero-order chi connectivity index (χ0) is 8.48. The molecule has 1 rings (SSSR count). The summed E-state index contributed by atoms with van der Waals surface area (Å²) in [5, 5.41) is 0. The van der Waals surface area contributed by atoms with Crippen LogP contribution >= 0.6 is 12.6 Å². The van der Waals surface area contributed by atoms with Gasteiger partial charge < -0.3 is 4.74 Å². The highest BCUT2D eigenvalue weighted by atomic mass is 32.1. The first kappa shape index (κ1) is 8.91. The van der Waals surface area contributed by atoms with Crippen LogP contribution in [0.25, 0.3) is 0 Å². The summed E-state index contributed by atoms with van der Waals surface area (Å²) in [7, 11) is 0. The second-order valence-corrected chi connectivity index (χ2v) is 3.65. The van der Waals surface area contributed by atoms with Gasteiger partial charge in [-0.2, -0.15) is 12.6 Å². The Morgan fingerprint density at radius 1 is 1.73 bits per heavy atom. The molecule has 11 heavy (non-hydrogen) atoms. The number of hydrogen-bond donors (Lipinski definition) is 1. The lowest BCUT2D eigenvalue weighted by Gasteiger charge is -2.26. The predicted octanol–water partition coefficient (Wildman–Crippen LogP) is 1.65. The van der Waals surface area contributed by atoms with Gasteiger partial charge in [0.25, 0.3) is 0 Å². The third kappa shape index (κ3) is 2.12. The second-order valence-electron chi connectivity index (χ2n) is 3.34. The van der Waals surface area contributed by atoms with Gasteiger partial charge in [0.2, 0.25) is 0 Å². The number of thiol groups is 1. The van der Waals surface area contributed by atoms with Crippen molar-refractivity contribution in [3.8, 4) is 0 Å². The summed E-state index contributed by atoms with van der Waals surface area (Å²) >= 11 is 4.18. The fourth-order valence-corrected chi connectivity index (χ4v) is 1.59. The van der Waals surface area contributed by atoms with Crippen molar-refractivity contribution in [3.63, 3.8) is 0 Å². The van der Waals surface area contributed by atoms with E-state index < -0.39 is 0 Å². The Morgan fingerprint density at radius 2 is 2.27 bits per heavy atom. The molecule has 0 aromatic rings. The number of esters is 1. The molecule has 0 N–H and O–H groups in total. The summed E-state index contributed by atoms with van der Waals surface area (Å²) in [6.45, 7) is 3.41. The third-order valence-corrected chi connectivity index (χ3v) is 2.76. The van der Waals surface area contributed by atoms with Gasteiger partial charge in [0.15, 0.2) is 0 Å². The van der Waals surface area contributed by atoms with Gasteiger partial charge in [-0.3, -0.25) is 4.79 Å². The minimum absolute atomic E-state index is 0.201. The largest absolute Gasteiger partial charge is 0.458 e. The predicted molar refractivity (Wildman–Crippen MR) is 46.7 cm³/mol. The van der Waals surface area contributed by atoms with E-state index in [0.29, 0.717) is 11.7 Å². The first-order valence-electron chi connectivity index (χ1n) is 3.89. The quantitative estimate of drug-likeness (QED) is 0.520. The van der Waals surface area contributed by atoms with Crippen molar-refractivity contribution in [1.29, 1.82) is 0 Å². The molecule has 1 atom stereocenters. The van der Waals surface area contributed by atoms with Crippen LogP contribution < -0.4 is 0 Å². The third-order valence-electron chi connectivity index (χ3n) is 2.13. The van der Waals surface area contributed by atoms with E-state index >= 15 is 0 Å². The maximum Gasteiger partial charge on any atom is 0.303 e. The molecule has 1 unspecified atom stereocenters. The molecule has 0 radical (unpaired) electrons. The Bertz CT molecular complexity index is 165. The van der Waals surface area contributed by atoms with Crippen molar-refractivity contribution >= 4 is 18.6 Å². The molecular weight excluding hydrogens is 160 g/mol. The molecule has 0 aliphatic heterocycles. The van der Waals surface area contributed by atoms with E-state index in [1.54, 1.807) is 0 Å². The van der Waals surface area contributed by atoms with Crippen LogP contribution in [-0.4, -0.2) is 17.3 Å². The van der Waals surface area contributed by atoms with E-state index in [1.165, 1.54) is 19.8 Å². The fraction of sp³-hybridized carbons (Fsp3) is 0.875. The smallest absolute Gasteiger partial charge is 0.303 e. The first-order valence-corrected chi connectivity index (χ1v) is 4.52. The fourth-order valence-electron chi connectivity index (χ4n) is 1.27. The van der Waals surface area contributed by atoms with Crippen molar-refractivity contribution in [1.82, 2.24) is 0 Å². The SMILES string of the molecule is CC(=O)OC(C)(CS)C1CC1.